The fourth-order valence-corrected chi connectivity index (χ4v) is 3.60. The molecule has 1 fully saturated rings. The number of nitro groups is 1. The fourth-order valence-electron chi connectivity index (χ4n) is 3.19. The highest BCUT2D eigenvalue weighted by Gasteiger charge is 2.24. The molecular weight excluding hydrogens is 435 g/mol. The Balaban J connectivity index is 1.59. The summed E-state index contributed by atoms with van der Waals surface area (Å²) in [6.07, 6.45) is 0. The number of nitrogens with zero attached hydrogens (tertiary/aromatic N) is 3. The minimum atomic E-state index is -0.769. The van der Waals surface area contributed by atoms with Crippen molar-refractivity contribution in [1.82, 2.24) is 10.2 Å². The lowest BCUT2D eigenvalue weighted by atomic mass is 10.1. The number of benzene rings is 2. The lowest BCUT2D eigenvalue weighted by molar-refractivity contribution is -0.386. The highest BCUT2D eigenvalue weighted by Crippen LogP contribution is 2.37. The van der Waals surface area contributed by atoms with Crippen LogP contribution in [0.3, 0.4) is 0 Å². The van der Waals surface area contributed by atoms with Gasteiger partial charge in [0.2, 0.25) is 5.75 Å². The van der Waals surface area contributed by atoms with E-state index in [9.17, 15) is 20.0 Å². The Morgan fingerprint density at radius 3 is 2.60 bits per heavy atom. The number of phenolic OH excluding ortho intramolecular Hbond substituents is 1. The second-order valence-corrected chi connectivity index (χ2v) is 7.43. The third-order valence-corrected chi connectivity index (χ3v) is 5.65. The molecule has 0 bridgehead atoms. The number of carbonyl (C=O) groups excluding carboxylic acids is 1. The van der Waals surface area contributed by atoms with Crippen LogP contribution in [-0.4, -0.2) is 60.8 Å². The number of hydrogen-bond acceptors (Lipinski definition) is 7. The van der Waals surface area contributed by atoms with Gasteiger partial charge >= 0.3 is 5.69 Å². The summed E-state index contributed by atoms with van der Waals surface area (Å²) in [6.45, 7) is 3.04. The lowest BCUT2D eigenvalue weighted by Crippen LogP contribution is -2.50. The number of hydrogen-bond donors (Lipinski definition) is 2. The van der Waals surface area contributed by atoms with Crippen LogP contribution >= 0.6 is 23.2 Å². The molecule has 0 saturated carbocycles. The van der Waals surface area contributed by atoms with Gasteiger partial charge in [0.1, 0.15) is 0 Å². The van der Waals surface area contributed by atoms with Crippen LogP contribution in [0, 0.1) is 10.1 Å². The van der Waals surface area contributed by atoms with Crippen LogP contribution < -0.4 is 15.0 Å². The molecule has 1 aliphatic heterocycles. The largest absolute Gasteiger partial charge is 0.500 e. The Labute approximate surface area is 182 Å². The zero-order valence-electron chi connectivity index (χ0n) is 16.1. The van der Waals surface area contributed by atoms with Gasteiger partial charge in [-0.15, -0.1) is 0 Å². The van der Waals surface area contributed by atoms with Crippen molar-refractivity contribution in [2.24, 2.45) is 0 Å². The summed E-state index contributed by atoms with van der Waals surface area (Å²) in [5, 5.41) is 24.7. The number of methoxy groups -OCH3 is 1. The Hall–Kier alpha value is -2.75. The molecule has 3 rings (SSSR count). The van der Waals surface area contributed by atoms with Gasteiger partial charge in [-0.2, -0.15) is 0 Å². The van der Waals surface area contributed by atoms with E-state index < -0.39 is 22.3 Å². The molecule has 160 valence electrons. The van der Waals surface area contributed by atoms with Gasteiger partial charge in [0.15, 0.2) is 5.75 Å². The summed E-state index contributed by atoms with van der Waals surface area (Å²) in [7, 11) is 1.26. The molecule has 1 amide bonds. The average Bonchev–Trinajstić information content (AvgIpc) is 2.74. The predicted molar refractivity (Wildman–Crippen MR) is 114 cm³/mol. The highest BCUT2D eigenvalue weighted by molar-refractivity contribution is 6.43. The van der Waals surface area contributed by atoms with E-state index in [-0.39, 0.29) is 18.0 Å². The van der Waals surface area contributed by atoms with Gasteiger partial charge in [0, 0.05) is 32.2 Å². The van der Waals surface area contributed by atoms with E-state index in [1.54, 1.807) is 6.07 Å². The molecular formula is C19H20Cl2N4O5. The summed E-state index contributed by atoms with van der Waals surface area (Å²) in [5.74, 6) is -1.26. The van der Waals surface area contributed by atoms with Crippen molar-refractivity contribution < 1.29 is 19.6 Å². The molecule has 1 heterocycles. The number of anilines is 1. The minimum absolute atomic E-state index is 0.0284. The second kappa shape index (κ2) is 9.38. The zero-order chi connectivity index (χ0) is 21.8. The first-order chi connectivity index (χ1) is 14.3. The van der Waals surface area contributed by atoms with Gasteiger partial charge < -0.3 is 20.1 Å². The van der Waals surface area contributed by atoms with E-state index in [1.807, 2.05) is 17.0 Å². The molecule has 1 aliphatic rings. The van der Waals surface area contributed by atoms with Crippen molar-refractivity contribution in [2.45, 2.75) is 0 Å². The Morgan fingerprint density at radius 1 is 1.27 bits per heavy atom. The maximum Gasteiger partial charge on any atom is 0.315 e. The zero-order valence-corrected chi connectivity index (χ0v) is 17.6. The quantitative estimate of drug-likeness (QED) is 0.509. The molecule has 2 aromatic rings. The van der Waals surface area contributed by atoms with E-state index in [2.05, 4.69) is 10.2 Å². The number of ether oxygens (including phenoxy) is 1. The van der Waals surface area contributed by atoms with Crippen LogP contribution in [0.4, 0.5) is 11.4 Å². The van der Waals surface area contributed by atoms with Gasteiger partial charge in [-0.05, 0) is 18.2 Å². The molecule has 0 radical (unpaired) electrons. The smallest absolute Gasteiger partial charge is 0.315 e. The molecule has 2 N–H and O–H groups in total. The Bertz CT molecular complexity index is 964. The third kappa shape index (κ3) is 4.69. The van der Waals surface area contributed by atoms with Crippen LogP contribution in [0.5, 0.6) is 11.5 Å². The topological polar surface area (TPSA) is 108 Å². The van der Waals surface area contributed by atoms with Gasteiger partial charge in [0.05, 0.1) is 40.0 Å². The molecule has 9 nitrogen and oxygen atoms in total. The SMILES string of the molecule is COc1cc(C(=O)NCN2CCN(c3cccc(Cl)c3Cl)CC2)cc([N+](=O)[O-])c1O. The minimum Gasteiger partial charge on any atom is -0.500 e. The normalized spacial score (nSPS) is 14.4. The summed E-state index contributed by atoms with van der Waals surface area (Å²) in [5.41, 5.74) is 0.309. The molecule has 0 aliphatic carbocycles. The van der Waals surface area contributed by atoms with Gasteiger partial charge in [-0.3, -0.25) is 19.8 Å². The van der Waals surface area contributed by atoms with Crippen LogP contribution in [0.25, 0.3) is 0 Å². The van der Waals surface area contributed by atoms with Crippen molar-refractivity contribution in [3.05, 3.63) is 56.1 Å². The molecule has 0 unspecified atom stereocenters. The van der Waals surface area contributed by atoms with Crippen LogP contribution in [0.2, 0.25) is 10.0 Å². The van der Waals surface area contributed by atoms with Crippen molar-refractivity contribution in [1.29, 1.82) is 0 Å². The number of amides is 1. The van der Waals surface area contributed by atoms with Crippen molar-refractivity contribution in [3.8, 4) is 11.5 Å². The Kier molecular flexibility index (Phi) is 6.86. The van der Waals surface area contributed by atoms with Crippen molar-refractivity contribution >= 4 is 40.5 Å². The molecule has 0 atom stereocenters. The molecule has 11 heteroatoms. The summed E-state index contributed by atoms with van der Waals surface area (Å²) < 4.78 is 4.92. The number of nitrogens with one attached hydrogen (secondary N) is 1. The first kappa shape index (κ1) is 21.9. The van der Waals surface area contributed by atoms with E-state index >= 15 is 0 Å². The first-order valence-corrected chi connectivity index (χ1v) is 9.82. The summed E-state index contributed by atoms with van der Waals surface area (Å²) in [6, 6.07) is 7.78. The number of halogens is 2. The van der Waals surface area contributed by atoms with Gasteiger partial charge in [-0.25, -0.2) is 0 Å². The van der Waals surface area contributed by atoms with E-state index in [0.717, 1.165) is 11.8 Å². The van der Waals surface area contributed by atoms with Crippen LogP contribution in [-0.2, 0) is 0 Å². The van der Waals surface area contributed by atoms with Crippen LogP contribution in [0.1, 0.15) is 10.4 Å². The van der Waals surface area contributed by atoms with Crippen molar-refractivity contribution in [3.63, 3.8) is 0 Å². The summed E-state index contributed by atoms with van der Waals surface area (Å²) in [4.78, 5) is 27.0. The average molecular weight is 455 g/mol. The first-order valence-electron chi connectivity index (χ1n) is 9.06. The Morgan fingerprint density at radius 2 is 1.97 bits per heavy atom. The van der Waals surface area contributed by atoms with Crippen LogP contribution in [0.15, 0.2) is 30.3 Å². The summed E-state index contributed by atoms with van der Waals surface area (Å²) >= 11 is 12.4. The number of rotatable bonds is 6. The molecule has 2 aromatic carbocycles. The number of carbonyl (C=O) groups is 1. The molecule has 30 heavy (non-hydrogen) atoms. The van der Waals surface area contributed by atoms with E-state index in [4.69, 9.17) is 27.9 Å². The van der Waals surface area contributed by atoms with E-state index in [1.165, 1.54) is 13.2 Å². The predicted octanol–water partition coefficient (Wildman–Crippen LogP) is 3.13. The third-order valence-electron chi connectivity index (χ3n) is 4.84. The number of phenols is 1. The van der Waals surface area contributed by atoms with E-state index in [0.29, 0.717) is 36.2 Å². The maximum atomic E-state index is 12.5. The lowest BCUT2D eigenvalue weighted by Gasteiger charge is -2.36. The number of piperazine rings is 1. The highest BCUT2D eigenvalue weighted by atomic mass is 35.5. The fraction of sp³-hybridized carbons (Fsp3) is 0.316. The van der Waals surface area contributed by atoms with Gasteiger partial charge in [0.25, 0.3) is 5.91 Å². The monoisotopic (exact) mass is 454 g/mol. The number of aromatic hydroxyl groups is 1. The van der Waals surface area contributed by atoms with Crippen molar-refractivity contribution in [2.75, 3.05) is 44.9 Å². The molecule has 0 aromatic heterocycles. The second-order valence-electron chi connectivity index (χ2n) is 6.65. The maximum absolute atomic E-state index is 12.5. The molecule has 1 saturated heterocycles. The van der Waals surface area contributed by atoms with Gasteiger partial charge in [-0.1, -0.05) is 29.3 Å². The number of nitro benzene ring substituents is 1. The molecule has 0 spiro atoms. The standard InChI is InChI=1S/C19H20Cl2N4O5/c1-30-16-10-12(9-15(18(16)26)25(28)29)19(27)22-11-23-5-7-24(8-6-23)14-4-2-3-13(20)17(14)21/h2-4,9-10,26H,5-8,11H2,1H3,(H,22,27).